The molecule has 0 atom stereocenters. The first kappa shape index (κ1) is 15.1. The Hall–Kier alpha value is -2.81. The van der Waals surface area contributed by atoms with Gasteiger partial charge in [-0.15, -0.1) is 0 Å². The van der Waals surface area contributed by atoms with Crippen LogP contribution in [0.5, 0.6) is 0 Å². The number of halogens is 2. The van der Waals surface area contributed by atoms with Crippen molar-refractivity contribution in [3.63, 3.8) is 0 Å². The predicted octanol–water partition coefficient (Wildman–Crippen LogP) is 5.40. The van der Waals surface area contributed by atoms with Crippen LogP contribution in [-0.2, 0) is 0 Å². The second kappa shape index (κ2) is 6.13. The number of nitrogens with zero attached hydrogens (tertiary/aromatic N) is 1. The number of hydrogen-bond donors (Lipinski definition) is 0. The molecule has 0 fully saturated rings. The molecule has 114 valence electrons. The molecule has 23 heavy (non-hydrogen) atoms. The summed E-state index contributed by atoms with van der Waals surface area (Å²) in [4.78, 5) is 4.51. The zero-order chi connectivity index (χ0) is 16.4. The molecule has 1 aromatic heterocycles. The first-order valence-corrected chi connectivity index (χ1v) is 7.23. The zero-order valence-electron chi connectivity index (χ0n) is 12.7. The van der Waals surface area contributed by atoms with Gasteiger partial charge in [0, 0.05) is 11.3 Å². The maximum Gasteiger partial charge on any atom is 0.123 e. The van der Waals surface area contributed by atoms with Gasteiger partial charge in [0.25, 0.3) is 0 Å². The second-order valence-corrected chi connectivity index (χ2v) is 5.37. The Kier molecular flexibility index (Phi) is 4.02. The Morgan fingerprint density at radius 2 is 1.39 bits per heavy atom. The molecule has 0 bridgehead atoms. The summed E-state index contributed by atoms with van der Waals surface area (Å²) in [5.41, 5.74) is 4.94. The van der Waals surface area contributed by atoms with Crippen LogP contribution in [0.1, 0.15) is 17.0 Å². The van der Waals surface area contributed by atoms with Gasteiger partial charge in [-0.05, 0) is 60.0 Å². The van der Waals surface area contributed by atoms with Crippen LogP contribution < -0.4 is 0 Å². The fourth-order valence-electron chi connectivity index (χ4n) is 2.43. The maximum atomic E-state index is 13.1. The monoisotopic (exact) mass is 307 g/mol. The summed E-state index contributed by atoms with van der Waals surface area (Å²) < 4.78 is 26.1. The van der Waals surface area contributed by atoms with Crippen LogP contribution in [0, 0.1) is 18.6 Å². The van der Waals surface area contributed by atoms with E-state index in [9.17, 15) is 8.78 Å². The first-order valence-electron chi connectivity index (χ1n) is 7.23. The van der Waals surface area contributed by atoms with Crippen molar-refractivity contribution in [2.75, 3.05) is 0 Å². The molecule has 0 saturated carbocycles. The fourth-order valence-corrected chi connectivity index (χ4v) is 2.43. The summed E-state index contributed by atoms with van der Waals surface area (Å²) in [5, 5.41) is 0. The van der Waals surface area contributed by atoms with Crippen molar-refractivity contribution in [3.05, 3.63) is 95.8 Å². The molecule has 3 aromatic rings. The molecule has 0 aliphatic rings. The van der Waals surface area contributed by atoms with Crippen molar-refractivity contribution in [3.8, 4) is 11.1 Å². The highest BCUT2D eigenvalue weighted by Crippen LogP contribution is 2.26. The molecule has 0 unspecified atom stereocenters. The van der Waals surface area contributed by atoms with E-state index in [1.165, 1.54) is 24.3 Å². The molecule has 0 saturated heterocycles. The molecule has 0 amide bonds. The van der Waals surface area contributed by atoms with Gasteiger partial charge >= 0.3 is 0 Å². The Balaban J connectivity index is 2.01. The summed E-state index contributed by atoms with van der Waals surface area (Å²) in [6.45, 7) is 5.97. The summed E-state index contributed by atoms with van der Waals surface area (Å²) in [6, 6.07) is 16.3. The second-order valence-electron chi connectivity index (χ2n) is 5.37. The Morgan fingerprint density at radius 3 is 2.00 bits per heavy atom. The third-order valence-electron chi connectivity index (χ3n) is 3.63. The highest BCUT2D eigenvalue weighted by Gasteiger charge is 2.08. The van der Waals surface area contributed by atoms with Gasteiger partial charge < -0.3 is 0 Å². The fraction of sp³-hybridized carbons (Fsp3) is 0.0500. The molecule has 0 spiro atoms. The number of aromatic nitrogens is 1. The topological polar surface area (TPSA) is 12.9 Å². The number of benzene rings is 2. The van der Waals surface area contributed by atoms with E-state index in [2.05, 4.69) is 11.6 Å². The van der Waals surface area contributed by atoms with E-state index in [1.807, 2.05) is 19.1 Å². The van der Waals surface area contributed by atoms with Crippen LogP contribution in [-0.4, -0.2) is 4.98 Å². The van der Waals surface area contributed by atoms with Crippen molar-refractivity contribution in [1.29, 1.82) is 0 Å². The quantitative estimate of drug-likeness (QED) is 0.631. The molecule has 3 rings (SSSR count). The summed E-state index contributed by atoms with van der Waals surface area (Å²) >= 11 is 0. The number of rotatable bonds is 3. The molecular formula is C20H15F2N. The van der Waals surface area contributed by atoms with Gasteiger partial charge in [0.05, 0.1) is 5.69 Å². The van der Waals surface area contributed by atoms with E-state index in [-0.39, 0.29) is 11.6 Å². The van der Waals surface area contributed by atoms with Gasteiger partial charge in [-0.2, -0.15) is 0 Å². The SMILES string of the molecule is C=C(c1ccc(F)cc1)c1cc(-c2ccc(F)cc2)cc(C)n1. The number of pyridine rings is 1. The van der Waals surface area contributed by atoms with Crippen molar-refractivity contribution >= 4 is 5.57 Å². The van der Waals surface area contributed by atoms with Gasteiger partial charge in [-0.3, -0.25) is 4.98 Å². The van der Waals surface area contributed by atoms with Gasteiger partial charge in [0.1, 0.15) is 11.6 Å². The highest BCUT2D eigenvalue weighted by atomic mass is 19.1. The average Bonchev–Trinajstić information content (AvgIpc) is 2.55. The largest absolute Gasteiger partial charge is 0.253 e. The molecule has 3 heteroatoms. The molecule has 0 aliphatic heterocycles. The minimum atomic E-state index is -0.286. The van der Waals surface area contributed by atoms with Gasteiger partial charge in [0.2, 0.25) is 0 Å². The summed E-state index contributed by atoms with van der Waals surface area (Å²) in [5.74, 6) is -0.554. The van der Waals surface area contributed by atoms with Crippen LogP contribution in [0.15, 0.2) is 67.2 Å². The van der Waals surface area contributed by atoms with E-state index in [4.69, 9.17) is 0 Å². The standard InChI is InChI=1S/C20H15F2N/c1-13-11-17(16-5-9-19(22)10-6-16)12-20(23-13)14(2)15-3-7-18(21)8-4-15/h3-12H,2H2,1H3. The van der Waals surface area contributed by atoms with Gasteiger partial charge in [-0.1, -0.05) is 30.8 Å². The van der Waals surface area contributed by atoms with Crippen LogP contribution in [0.25, 0.3) is 16.7 Å². The average molecular weight is 307 g/mol. The van der Waals surface area contributed by atoms with E-state index >= 15 is 0 Å². The van der Waals surface area contributed by atoms with Crippen molar-refractivity contribution in [2.24, 2.45) is 0 Å². The van der Waals surface area contributed by atoms with Crippen LogP contribution in [0.4, 0.5) is 8.78 Å². The normalized spacial score (nSPS) is 10.6. The van der Waals surface area contributed by atoms with Crippen LogP contribution >= 0.6 is 0 Å². The first-order chi connectivity index (χ1) is 11.0. The van der Waals surface area contributed by atoms with Crippen molar-refractivity contribution in [2.45, 2.75) is 6.92 Å². The zero-order valence-corrected chi connectivity index (χ0v) is 12.7. The third kappa shape index (κ3) is 3.34. The molecule has 1 heterocycles. The molecular weight excluding hydrogens is 292 g/mol. The summed E-state index contributed by atoms with van der Waals surface area (Å²) in [7, 11) is 0. The van der Waals surface area contributed by atoms with Gasteiger partial charge in [0.15, 0.2) is 0 Å². The Morgan fingerprint density at radius 1 is 0.826 bits per heavy atom. The van der Waals surface area contributed by atoms with Gasteiger partial charge in [-0.25, -0.2) is 8.78 Å². The highest BCUT2D eigenvalue weighted by molar-refractivity contribution is 5.79. The molecule has 2 aromatic carbocycles. The van der Waals surface area contributed by atoms with E-state index in [0.717, 1.165) is 33.7 Å². The van der Waals surface area contributed by atoms with E-state index < -0.39 is 0 Å². The van der Waals surface area contributed by atoms with E-state index in [0.29, 0.717) is 0 Å². The number of aryl methyl sites for hydroxylation is 1. The lowest BCUT2D eigenvalue weighted by Gasteiger charge is -2.10. The number of hydrogen-bond acceptors (Lipinski definition) is 1. The third-order valence-corrected chi connectivity index (χ3v) is 3.63. The minimum absolute atomic E-state index is 0.268. The molecule has 0 N–H and O–H groups in total. The predicted molar refractivity (Wildman–Crippen MR) is 88.9 cm³/mol. The van der Waals surface area contributed by atoms with Crippen molar-refractivity contribution < 1.29 is 8.78 Å². The molecule has 1 nitrogen and oxygen atoms in total. The van der Waals surface area contributed by atoms with E-state index in [1.54, 1.807) is 24.3 Å². The lowest BCUT2D eigenvalue weighted by molar-refractivity contribution is 0.627. The van der Waals surface area contributed by atoms with Crippen LogP contribution in [0.3, 0.4) is 0 Å². The summed E-state index contributed by atoms with van der Waals surface area (Å²) in [6.07, 6.45) is 0. The lowest BCUT2D eigenvalue weighted by Crippen LogP contribution is -1.95. The maximum absolute atomic E-state index is 13.1. The molecule has 0 aliphatic carbocycles. The van der Waals surface area contributed by atoms with Crippen molar-refractivity contribution in [1.82, 2.24) is 4.98 Å². The Bertz CT molecular complexity index is 850. The Labute approximate surface area is 134 Å². The minimum Gasteiger partial charge on any atom is -0.253 e. The van der Waals surface area contributed by atoms with Crippen LogP contribution in [0.2, 0.25) is 0 Å². The smallest absolute Gasteiger partial charge is 0.123 e. The molecule has 0 radical (unpaired) electrons. The lowest BCUT2D eigenvalue weighted by atomic mass is 9.99.